The zero-order chi connectivity index (χ0) is 22.4. The zero-order valence-electron chi connectivity index (χ0n) is 21.9. The van der Waals surface area contributed by atoms with E-state index in [1.807, 2.05) is 0 Å². The summed E-state index contributed by atoms with van der Waals surface area (Å²) in [6.45, 7) is 5.85. The van der Waals surface area contributed by atoms with Crippen molar-refractivity contribution in [1.29, 1.82) is 0 Å². The quantitative estimate of drug-likeness (QED) is 0.148. The van der Waals surface area contributed by atoms with Gasteiger partial charge < -0.3 is 9.80 Å². The van der Waals surface area contributed by atoms with Crippen LogP contribution in [0.4, 0.5) is 0 Å². The molecule has 1 aliphatic rings. The summed E-state index contributed by atoms with van der Waals surface area (Å²) < 4.78 is 0. The van der Waals surface area contributed by atoms with Gasteiger partial charge in [0.05, 0.1) is 0 Å². The summed E-state index contributed by atoms with van der Waals surface area (Å²) in [5.74, 6) is 0. The third kappa shape index (κ3) is 15.7. The molecule has 2 heteroatoms. The van der Waals surface area contributed by atoms with Crippen molar-refractivity contribution in [2.75, 3.05) is 13.6 Å². The molecule has 0 aromatic carbocycles. The Hall–Kier alpha value is -0.660. The Bertz CT molecular complexity index is 392. The Balaban J connectivity index is 1.94. The first kappa shape index (κ1) is 28.4. The summed E-state index contributed by atoms with van der Waals surface area (Å²) in [6.07, 6.45) is 36.7. The van der Waals surface area contributed by atoms with Crippen LogP contribution in [0.3, 0.4) is 0 Å². The third-order valence-corrected chi connectivity index (χ3v) is 7.18. The van der Waals surface area contributed by atoms with E-state index in [4.69, 9.17) is 0 Å². The lowest BCUT2D eigenvalue weighted by Crippen LogP contribution is -2.37. The molecule has 1 heterocycles. The molecule has 0 aliphatic carbocycles. The topological polar surface area (TPSA) is 6.48 Å². The maximum atomic E-state index is 2.61. The van der Waals surface area contributed by atoms with Crippen LogP contribution in [-0.2, 0) is 0 Å². The number of nitrogens with zero attached hydrogens (tertiary/aromatic N) is 2. The standard InChI is InChI=1S/C29H58N2/c1-4-6-8-10-12-14-15-16-17-19-21-23-25-29-30(3)27-28-31(29)26-24-22-20-18-13-11-9-7-5-2/h27-29H,4-26H2,1-3H3. The number of hydrogen-bond acceptors (Lipinski definition) is 2. The Morgan fingerprint density at radius 3 is 1.32 bits per heavy atom. The van der Waals surface area contributed by atoms with E-state index >= 15 is 0 Å². The minimum Gasteiger partial charge on any atom is -0.359 e. The minimum absolute atomic E-state index is 0.622. The average molecular weight is 435 g/mol. The highest BCUT2D eigenvalue weighted by atomic mass is 15.4. The summed E-state index contributed by atoms with van der Waals surface area (Å²) >= 11 is 0. The maximum Gasteiger partial charge on any atom is 0.100 e. The van der Waals surface area contributed by atoms with Crippen LogP contribution < -0.4 is 0 Å². The lowest BCUT2D eigenvalue weighted by molar-refractivity contribution is 0.159. The molecule has 0 N–H and O–H groups in total. The fraction of sp³-hybridized carbons (Fsp3) is 0.931. The van der Waals surface area contributed by atoms with Crippen LogP contribution in [0.25, 0.3) is 0 Å². The molecule has 2 nitrogen and oxygen atoms in total. The predicted octanol–water partition coefficient (Wildman–Crippen LogP) is 9.65. The predicted molar refractivity (Wildman–Crippen MR) is 140 cm³/mol. The number of unbranched alkanes of at least 4 members (excludes halogenated alkanes) is 19. The summed E-state index contributed by atoms with van der Waals surface area (Å²) in [6, 6.07) is 0. The molecule has 0 saturated heterocycles. The van der Waals surface area contributed by atoms with Crippen molar-refractivity contribution in [2.45, 2.75) is 161 Å². The molecule has 1 rings (SSSR count). The molecule has 0 spiro atoms. The summed E-state index contributed by atoms with van der Waals surface area (Å²) in [7, 11) is 2.26. The Labute approximate surface area is 197 Å². The highest BCUT2D eigenvalue weighted by Crippen LogP contribution is 2.21. The van der Waals surface area contributed by atoms with Crippen LogP contribution in [-0.4, -0.2) is 29.6 Å². The second-order valence-corrected chi connectivity index (χ2v) is 10.2. The van der Waals surface area contributed by atoms with Crippen molar-refractivity contribution < 1.29 is 0 Å². The summed E-state index contributed by atoms with van der Waals surface area (Å²) in [4.78, 5) is 5.05. The highest BCUT2D eigenvalue weighted by molar-refractivity contribution is 4.95. The molecule has 1 atom stereocenters. The van der Waals surface area contributed by atoms with E-state index < -0.39 is 0 Å². The lowest BCUT2D eigenvalue weighted by Gasteiger charge is -2.30. The lowest BCUT2D eigenvalue weighted by atomic mass is 10.0. The first-order chi connectivity index (χ1) is 15.3. The first-order valence-electron chi connectivity index (χ1n) is 14.5. The van der Waals surface area contributed by atoms with Gasteiger partial charge in [-0.25, -0.2) is 0 Å². The van der Waals surface area contributed by atoms with Crippen LogP contribution in [0.1, 0.15) is 155 Å². The van der Waals surface area contributed by atoms with Crippen molar-refractivity contribution in [3.8, 4) is 0 Å². The van der Waals surface area contributed by atoms with Crippen molar-refractivity contribution in [2.24, 2.45) is 0 Å². The largest absolute Gasteiger partial charge is 0.359 e. The van der Waals surface area contributed by atoms with Gasteiger partial charge in [0.25, 0.3) is 0 Å². The van der Waals surface area contributed by atoms with Gasteiger partial charge in [-0.05, 0) is 19.3 Å². The molecular weight excluding hydrogens is 376 g/mol. The molecule has 0 aromatic rings. The zero-order valence-corrected chi connectivity index (χ0v) is 21.9. The molecule has 0 aromatic heterocycles. The SMILES string of the molecule is CCCCCCCCCCCCCCC1N(C)C=CN1CCCCCCCCCCC. The van der Waals surface area contributed by atoms with E-state index in [0.717, 1.165) is 0 Å². The van der Waals surface area contributed by atoms with E-state index in [1.165, 1.54) is 148 Å². The molecule has 184 valence electrons. The molecule has 0 fully saturated rings. The van der Waals surface area contributed by atoms with Crippen LogP contribution in [0.15, 0.2) is 12.4 Å². The Morgan fingerprint density at radius 1 is 0.484 bits per heavy atom. The van der Waals surface area contributed by atoms with Crippen LogP contribution >= 0.6 is 0 Å². The minimum atomic E-state index is 0.622. The molecule has 31 heavy (non-hydrogen) atoms. The van der Waals surface area contributed by atoms with E-state index in [1.54, 1.807) is 0 Å². The first-order valence-corrected chi connectivity index (χ1v) is 14.5. The van der Waals surface area contributed by atoms with E-state index in [2.05, 4.69) is 43.1 Å². The Kier molecular flexibility index (Phi) is 19.4. The second-order valence-electron chi connectivity index (χ2n) is 10.2. The van der Waals surface area contributed by atoms with Crippen LogP contribution in [0.5, 0.6) is 0 Å². The van der Waals surface area contributed by atoms with Gasteiger partial charge in [-0.2, -0.15) is 0 Å². The molecule has 1 unspecified atom stereocenters. The molecule has 0 radical (unpaired) electrons. The van der Waals surface area contributed by atoms with E-state index in [-0.39, 0.29) is 0 Å². The van der Waals surface area contributed by atoms with Gasteiger partial charge in [0.2, 0.25) is 0 Å². The van der Waals surface area contributed by atoms with Crippen molar-refractivity contribution in [3.05, 3.63) is 12.4 Å². The molecule has 0 bridgehead atoms. The Morgan fingerprint density at radius 2 is 0.871 bits per heavy atom. The fourth-order valence-corrected chi connectivity index (χ4v) is 4.99. The number of hydrogen-bond donors (Lipinski definition) is 0. The van der Waals surface area contributed by atoms with Gasteiger partial charge in [-0.3, -0.25) is 0 Å². The molecule has 0 saturated carbocycles. The smallest absolute Gasteiger partial charge is 0.100 e. The monoisotopic (exact) mass is 434 g/mol. The van der Waals surface area contributed by atoms with E-state index in [0.29, 0.717) is 6.17 Å². The van der Waals surface area contributed by atoms with Gasteiger partial charge in [-0.15, -0.1) is 0 Å². The van der Waals surface area contributed by atoms with E-state index in [9.17, 15) is 0 Å². The number of rotatable bonds is 23. The van der Waals surface area contributed by atoms with Crippen molar-refractivity contribution in [1.82, 2.24) is 9.80 Å². The second kappa shape index (κ2) is 21.2. The molecule has 0 amide bonds. The normalized spacial score (nSPS) is 16.0. The van der Waals surface area contributed by atoms with Gasteiger partial charge in [0.15, 0.2) is 0 Å². The maximum absolute atomic E-state index is 2.61. The fourth-order valence-electron chi connectivity index (χ4n) is 4.99. The molecular formula is C29H58N2. The van der Waals surface area contributed by atoms with Crippen LogP contribution in [0.2, 0.25) is 0 Å². The van der Waals surface area contributed by atoms with Gasteiger partial charge in [0, 0.05) is 26.0 Å². The molecule has 1 aliphatic heterocycles. The van der Waals surface area contributed by atoms with Crippen molar-refractivity contribution >= 4 is 0 Å². The van der Waals surface area contributed by atoms with Crippen LogP contribution in [0, 0.1) is 0 Å². The highest BCUT2D eigenvalue weighted by Gasteiger charge is 2.22. The third-order valence-electron chi connectivity index (χ3n) is 7.18. The van der Waals surface area contributed by atoms with Crippen molar-refractivity contribution in [3.63, 3.8) is 0 Å². The van der Waals surface area contributed by atoms with Gasteiger partial charge in [0.1, 0.15) is 6.17 Å². The van der Waals surface area contributed by atoms with Gasteiger partial charge in [-0.1, -0.05) is 136 Å². The summed E-state index contributed by atoms with van der Waals surface area (Å²) in [5.41, 5.74) is 0. The summed E-state index contributed by atoms with van der Waals surface area (Å²) in [5, 5.41) is 0. The van der Waals surface area contributed by atoms with Gasteiger partial charge >= 0.3 is 0 Å². The average Bonchev–Trinajstić information content (AvgIpc) is 3.12.